The molecule has 1 atom stereocenters. The first-order chi connectivity index (χ1) is 7.31. The molecule has 84 valence electrons. The van der Waals surface area contributed by atoms with Gasteiger partial charge in [0.1, 0.15) is 6.26 Å². The number of hydrogen-bond donors (Lipinski definition) is 1. The van der Waals surface area contributed by atoms with Gasteiger partial charge in [-0.1, -0.05) is 19.3 Å². The Morgan fingerprint density at radius 1 is 1.40 bits per heavy atom. The molecule has 0 spiro atoms. The van der Waals surface area contributed by atoms with Crippen LogP contribution >= 0.6 is 0 Å². The number of nitrogens with zero attached hydrogens (tertiary/aromatic N) is 1. The summed E-state index contributed by atoms with van der Waals surface area (Å²) in [7, 11) is 1.94. The molecule has 1 unspecified atom stereocenters. The standard InChI is InChI=1S/C12H20N2O/c1-9(13-2)11-8-15-12(14-11)10-6-4-3-5-7-10/h8-10,13H,3-7H2,1-2H3. The van der Waals surface area contributed by atoms with E-state index >= 15 is 0 Å². The molecule has 0 bridgehead atoms. The number of aromatic nitrogens is 1. The van der Waals surface area contributed by atoms with Crippen LogP contribution in [0.2, 0.25) is 0 Å². The summed E-state index contributed by atoms with van der Waals surface area (Å²) in [4.78, 5) is 4.58. The van der Waals surface area contributed by atoms with Gasteiger partial charge in [0.15, 0.2) is 5.89 Å². The van der Waals surface area contributed by atoms with Gasteiger partial charge in [-0.2, -0.15) is 0 Å². The summed E-state index contributed by atoms with van der Waals surface area (Å²) in [5.74, 6) is 1.52. The zero-order chi connectivity index (χ0) is 10.7. The highest BCUT2D eigenvalue weighted by Gasteiger charge is 2.21. The minimum atomic E-state index is 0.283. The largest absolute Gasteiger partial charge is 0.448 e. The maximum atomic E-state index is 5.58. The molecule has 1 saturated carbocycles. The SMILES string of the molecule is CNC(C)c1coc(C2CCCCC2)n1. The molecule has 3 nitrogen and oxygen atoms in total. The summed E-state index contributed by atoms with van der Waals surface area (Å²) < 4.78 is 5.58. The Morgan fingerprint density at radius 3 is 2.80 bits per heavy atom. The quantitative estimate of drug-likeness (QED) is 0.829. The van der Waals surface area contributed by atoms with Crippen molar-refractivity contribution in [3.05, 3.63) is 17.8 Å². The third-order valence-electron chi connectivity index (χ3n) is 3.37. The summed E-state index contributed by atoms with van der Waals surface area (Å²) in [6.45, 7) is 2.10. The Morgan fingerprint density at radius 2 is 2.13 bits per heavy atom. The zero-order valence-electron chi connectivity index (χ0n) is 9.62. The van der Waals surface area contributed by atoms with Crippen LogP contribution in [0.5, 0.6) is 0 Å². The van der Waals surface area contributed by atoms with Crippen LogP contribution in [0.25, 0.3) is 0 Å². The predicted molar refractivity (Wildman–Crippen MR) is 59.8 cm³/mol. The molecule has 1 aliphatic rings. The van der Waals surface area contributed by atoms with E-state index in [-0.39, 0.29) is 6.04 Å². The van der Waals surface area contributed by atoms with Crippen LogP contribution in [0.4, 0.5) is 0 Å². The van der Waals surface area contributed by atoms with Crippen molar-refractivity contribution in [1.82, 2.24) is 10.3 Å². The highest BCUT2D eigenvalue weighted by molar-refractivity contribution is 5.05. The van der Waals surface area contributed by atoms with Gasteiger partial charge in [-0.3, -0.25) is 0 Å². The lowest BCUT2D eigenvalue weighted by Crippen LogP contribution is -2.13. The van der Waals surface area contributed by atoms with Gasteiger partial charge in [-0.05, 0) is 26.8 Å². The molecule has 15 heavy (non-hydrogen) atoms. The molecule has 0 aliphatic heterocycles. The molecule has 3 heteroatoms. The molecule has 1 aromatic heterocycles. The van der Waals surface area contributed by atoms with Crippen molar-refractivity contribution in [2.45, 2.75) is 51.0 Å². The van der Waals surface area contributed by atoms with Crippen molar-refractivity contribution in [2.75, 3.05) is 7.05 Å². The number of oxazole rings is 1. The fourth-order valence-electron chi connectivity index (χ4n) is 2.18. The van der Waals surface area contributed by atoms with E-state index in [4.69, 9.17) is 4.42 Å². The van der Waals surface area contributed by atoms with Gasteiger partial charge in [0, 0.05) is 12.0 Å². The van der Waals surface area contributed by atoms with Gasteiger partial charge in [0.25, 0.3) is 0 Å². The van der Waals surface area contributed by atoms with Crippen molar-refractivity contribution in [1.29, 1.82) is 0 Å². The lowest BCUT2D eigenvalue weighted by Gasteiger charge is -2.17. The van der Waals surface area contributed by atoms with Crippen molar-refractivity contribution in [3.8, 4) is 0 Å². The first-order valence-corrected chi connectivity index (χ1v) is 5.94. The topological polar surface area (TPSA) is 38.1 Å². The molecule has 2 rings (SSSR count). The molecule has 1 N–H and O–H groups in total. The maximum absolute atomic E-state index is 5.58. The molecule has 0 radical (unpaired) electrons. The number of rotatable bonds is 3. The van der Waals surface area contributed by atoms with Crippen molar-refractivity contribution in [2.24, 2.45) is 0 Å². The Bertz CT molecular complexity index is 302. The maximum Gasteiger partial charge on any atom is 0.197 e. The minimum absolute atomic E-state index is 0.283. The van der Waals surface area contributed by atoms with Crippen molar-refractivity contribution < 1.29 is 4.42 Å². The molecule has 0 aromatic carbocycles. The van der Waals surface area contributed by atoms with Crippen LogP contribution in [0.15, 0.2) is 10.7 Å². The van der Waals surface area contributed by atoms with Crippen LogP contribution in [0, 0.1) is 0 Å². The fraction of sp³-hybridized carbons (Fsp3) is 0.750. The summed E-state index contributed by atoms with van der Waals surface area (Å²) in [6, 6.07) is 0.283. The second-order valence-corrected chi connectivity index (χ2v) is 4.46. The van der Waals surface area contributed by atoms with E-state index in [1.54, 1.807) is 6.26 Å². The van der Waals surface area contributed by atoms with Crippen LogP contribution < -0.4 is 5.32 Å². The summed E-state index contributed by atoms with van der Waals surface area (Å²) in [5.41, 5.74) is 1.03. The fourth-order valence-corrected chi connectivity index (χ4v) is 2.18. The molecule has 0 amide bonds. The highest BCUT2D eigenvalue weighted by atomic mass is 16.3. The van der Waals surface area contributed by atoms with E-state index in [0.29, 0.717) is 5.92 Å². The smallest absolute Gasteiger partial charge is 0.197 e. The minimum Gasteiger partial charge on any atom is -0.448 e. The third kappa shape index (κ3) is 2.40. The van der Waals surface area contributed by atoms with E-state index < -0.39 is 0 Å². The summed E-state index contributed by atoms with van der Waals surface area (Å²) in [5, 5.41) is 3.17. The zero-order valence-corrected chi connectivity index (χ0v) is 9.62. The highest BCUT2D eigenvalue weighted by Crippen LogP contribution is 2.32. The third-order valence-corrected chi connectivity index (χ3v) is 3.37. The molecule has 1 fully saturated rings. The van der Waals surface area contributed by atoms with E-state index in [0.717, 1.165) is 11.6 Å². The van der Waals surface area contributed by atoms with E-state index in [1.165, 1.54) is 32.1 Å². The van der Waals surface area contributed by atoms with E-state index in [2.05, 4.69) is 17.2 Å². The van der Waals surface area contributed by atoms with Crippen molar-refractivity contribution in [3.63, 3.8) is 0 Å². The second-order valence-electron chi connectivity index (χ2n) is 4.46. The Kier molecular flexibility index (Phi) is 3.41. The van der Waals surface area contributed by atoms with E-state index in [1.807, 2.05) is 7.05 Å². The molecule has 1 heterocycles. The molecular weight excluding hydrogens is 188 g/mol. The lowest BCUT2D eigenvalue weighted by molar-refractivity contribution is 0.363. The first-order valence-electron chi connectivity index (χ1n) is 5.94. The van der Waals surface area contributed by atoms with Crippen LogP contribution in [0.3, 0.4) is 0 Å². The van der Waals surface area contributed by atoms with Gasteiger partial charge in [0.2, 0.25) is 0 Å². The van der Waals surface area contributed by atoms with Gasteiger partial charge in [0.05, 0.1) is 5.69 Å². The van der Waals surface area contributed by atoms with Gasteiger partial charge in [-0.25, -0.2) is 4.98 Å². The molecular formula is C12H20N2O. The number of hydrogen-bond acceptors (Lipinski definition) is 3. The Hall–Kier alpha value is -0.830. The Labute approximate surface area is 91.3 Å². The van der Waals surface area contributed by atoms with Crippen LogP contribution in [-0.4, -0.2) is 12.0 Å². The number of nitrogens with one attached hydrogen (secondary N) is 1. The average molecular weight is 208 g/mol. The monoisotopic (exact) mass is 208 g/mol. The second kappa shape index (κ2) is 4.79. The van der Waals surface area contributed by atoms with Gasteiger partial charge >= 0.3 is 0 Å². The Balaban J connectivity index is 2.05. The summed E-state index contributed by atoms with van der Waals surface area (Å²) in [6.07, 6.45) is 8.30. The molecule has 0 saturated heterocycles. The molecule has 1 aromatic rings. The van der Waals surface area contributed by atoms with Gasteiger partial charge < -0.3 is 9.73 Å². The predicted octanol–water partition coefficient (Wildman–Crippen LogP) is 3.00. The van der Waals surface area contributed by atoms with Crippen molar-refractivity contribution >= 4 is 0 Å². The molecule has 1 aliphatic carbocycles. The first kappa shape index (κ1) is 10.7. The van der Waals surface area contributed by atoms with E-state index in [9.17, 15) is 0 Å². The van der Waals surface area contributed by atoms with Gasteiger partial charge in [-0.15, -0.1) is 0 Å². The normalized spacial score (nSPS) is 20.4. The van der Waals surface area contributed by atoms with Crippen LogP contribution in [-0.2, 0) is 0 Å². The summed E-state index contributed by atoms with van der Waals surface area (Å²) >= 11 is 0. The van der Waals surface area contributed by atoms with Crippen LogP contribution in [0.1, 0.15) is 62.6 Å². The lowest BCUT2D eigenvalue weighted by atomic mass is 9.89. The average Bonchev–Trinajstić information content (AvgIpc) is 2.78.